The van der Waals surface area contributed by atoms with Gasteiger partial charge < -0.3 is 19.7 Å². The number of carbonyl (C=O) groups excluding carboxylic acids is 2. The fourth-order valence-corrected chi connectivity index (χ4v) is 2.81. The number of aromatic carboxylic acids is 1. The van der Waals surface area contributed by atoms with Gasteiger partial charge in [0.15, 0.2) is 0 Å². The lowest BCUT2D eigenvalue weighted by molar-refractivity contribution is 0.0633. The highest BCUT2D eigenvalue weighted by molar-refractivity contribution is 6.08. The molecule has 2 rings (SSSR count). The zero-order chi connectivity index (χ0) is 21.1. The first-order chi connectivity index (χ1) is 13.0. The van der Waals surface area contributed by atoms with Gasteiger partial charge in [-0.2, -0.15) is 0 Å². The van der Waals surface area contributed by atoms with Gasteiger partial charge in [-0.3, -0.25) is 10.1 Å². The second-order valence-electron chi connectivity index (χ2n) is 7.27. The summed E-state index contributed by atoms with van der Waals surface area (Å²) in [6.45, 7) is 7.14. The van der Waals surface area contributed by atoms with Gasteiger partial charge in [0.2, 0.25) is 0 Å². The quantitative estimate of drug-likeness (QED) is 0.721. The average Bonchev–Trinajstić information content (AvgIpc) is 2.88. The molecule has 8 nitrogen and oxygen atoms in total. The highest BCUT2D eigenvalue weighted by atomic mass is 16.6. The predicted molar refractivity (Wildman–Crippen MR) is 106 cm³/mol. The van der Waals surface area contributed by atoms with Gasteiger partial charge in [0.1, 0.15) is 11.3 Å². The summed E-state index contributed by atoms with van der Waals surface area (Å²) in [7, 11) is 1.68. The Morgan fingerprint density at radius 1 is 1.11 bits per heavy atom. The Kier molecular flexibility index (Phi) is 6.12. The van der Waals surface area contributed by atoms with Crippen molar-refractivity contribution in [2.75, 3.05) is 10.6 Å². The fourth-order valence-electron chi connectivity index (χ4n) is 2.81. The van der Waals surface area contributed by atoms with E-state index in [4.69, 9.17) is 4.74 Å². The largest absolute Gasteiger partial charge is 0.478 e. The number of hydrogen-bond acceptors (Lipinski definition) is 4. The number of aromatic nitrogens is 1. The molecule has 0 spiro atoms. The third-order valence-electron chi connectivity index (χ3n) is 3.90. The van der Waals surface area contributed by atoms with Crippen molar-refractivity contribution in [3.63, 3.8) is 0 Å². The molecule has 0 atom stereocenters. The molecule has 0 bridgehead atoms. The molecule has 0 saturated heterocycles. The molecular formula is C20H25N3O5. The first-order valence-electron chi connectivity index (χ1n) is 8.85. The Bertz CT molecular complexity index is 909. The van der Waals surface area contributed by atoms with E-state index in [9.17, 15) is 19.5 Å². The summed E-state index contributed by atoms with van der Waals surface area (Å²) in [4.78, 5) is 36.3. The second kappa shape index (κ2) is 8.16. The van der Waals surface area contributed by atoms with E-state index in [0.717, 1.165) is 0 Å². The minimum absolute atomic E-state index is 0.00443. The van der Waals surface area contributed by atoms with E-state index >= 15 is 0 Å². The van der Waals surface area contributed by atoms with Gasteiger partial charge in [-0.25, -0.2) is 9.59 Å². The van der Waals surface area contributed by atoms with E-state index in [1.807, 2.05) is 6.92 Å². The maximum Gasteiger partial charge on any atom is 0.412 e. The van der Waals surface area contributed by atoms with Crippen molar-refractivity contribution < 1.29 is 24.2 Å². The molecule has 1 aromatic carbocycles. The van der Waals surface area contributed by atoms with Crippen LogP contribution in [0.5, 0.6) is 0 Å². The number of carbonyl (C=O) groups is 3. The molecule has 0 radical (unpaired) electrons. The van der Waals surface area contributed by atoms with Crippen LogP contribution >= 0.6 is 0 Å². The monoisotopic (exact) mass is 387 g/mol. The van der Waals surface area contributed by atoms with Crippen molar-refractivity contribution in [3.05, 3.63) is 47.3 Å². The minimum atomic E-state index is -1.13. The van der Waals surface area contributed by atoms with E-state index in [0.29, 0.717) is 23.4 Å². The number of aryl methyl sites for hydroxylation is 1. The van der Waals surface area contributed by atoms with Crippen LogP contribution in [0.2, 0.25) is 0 Å². The number of nitrogens with one attached hydrogen (secondary N) is 2. The molecule has 0 aliphatic rings. The first kappa shape index (κ1) is 21.0. The molecule has 0 aliphatic carbocycles. The molecular weight excluding hydrogens is 362 g/mol. The zero-order valence-corrected chi connectivity index (χ0v) is 16.6. The number of hydrogen-bond donors (Lipinski definition) is 3. The SMILES string of the molecule is CCc1c(NC(=O)OC(C)(C)C)cn(C)c1C(=O)Nc1ccccc1C(=O)O. The Morgan fingerprint density at radius 2 is 1.75 bits per heavy atom. The molecule has 2 amide bonds. The summed E-state index contributed by atoms with van der Waals surface area (Å²) >= 11 is 0. The van der Waals surface area contributed by atoms with Crippen molar-refractivity contribution >= 4 is 29.3 Å². The van der Waals surface area contributed by atoms with Crippen LogP contribution in [0.15, 0.2) is 30.5 Å². The number of ether oxygens (including phenoxy) is 1. The summed E-state index contributed by atoms with van der Waals surface area (Å²) in [5.41, 5.74) is 0.967. The van der Waals surface area contributed by atoms with E-state index in [1.54, 1.807) is 50.7 Å². The highest BCUT2D eigenvalue weighted by Gasteiger charge is 2.23. The molecule has 0 fully saturated rings. The Hall–Kier alpha value is -3.29. The molecule has 1 aromatic heterocycles. The molecule has 28 heavy (non-hydrogen) atoms. The number of carboxylic acid groups (broad SMARTS) is 1. The van der Waals surface area contributed by atoms with E-state index in [-0.39, 0.29) is 11.3 Å². The van der Waals surface area contributed by atoms with Gasteiger partial charge in [-0.15, -0.1) is 0 Å². The lowest BCUT2D eigenvalue weighted by Gasteiger charge is -2.19. The average molecular weight is 387 g/mol. The molecule has 3 N–H and O–H groups in total. The van der Waals surface area contributed by atoms with Crippen LogP contribution < -0.4 is 10.6 Å². The van der Waals surface area contributed by atoms with Gasteiger partial charge in [0.25, 0.3) is 5.91 Å². The smallest absolute Gasteiger partial charge is 0.412 e. The third-order valence-corrected chi connectivity index (χ3v) is 3.90. The molecule has 8 heteroatoms. The van der Waals surface area contributed by atoms with Crippen LogP contribution in [0.4, 0.5) is 16.2 Å². The van der Waals surface area contributed by atoms with Gasteiger partial charge in [0.05, 0.1) is 16.9 Å². The molecule has 0 aliphatic heterocycles. The van der Waals surface area contributed by atoms with Crippen LogP contribution in [0.1, 0.15) is 54.1 Å². The number of anilines is 2. The Balaban J connectivity index is 2.31. The predicted octanol–water partition coefficient (Wildman–Crippen LogP) is 3.89. The maximum absolute atomic E-state index is 12.8. The summed E-state index contributed by atoms with van der Waals surface area (Å²) < 4.78 is 6.85. The van der Waals surface area contributed by atoms with Crippen LogP contribution in [-0.4, -0.2) is 33.2 Å². The lowest BCUT2D eigenvalue weighted by atomic mass is 10.1. The van der Waals surface area contributed by atoms with Crippen LogP contribution in [-0.2, 0) is 18.2 Å². The maximum atomic E-state index is 12.8. The minimum Gasteiger partial charge on any atom is -0.478 e. The summed E-state index contributed by atoms with van der Waals surface area (Å²) in [6.07, 6.45) is 1.49. The van der Waals surface area contributed by atoms with Crippen molar-refractivity contribution in [1.82, 2.24) is 4.57 Å². The normalized spacial score (nSPS) is 11.0. The van der Waals surface area contributed by atoms with Crippen molar-refractivity contribution in [2.24, 2.45) is 7.05 Å². The number of rotatable bonds is 5. The fraction of sp³-hybridized carbons (Fsp3) is 0.350. The number of carboxylic acids is 1. The summed E-state index contributed by atoms with van der Waals surface area (Å²) in [5.74, 6) is -1.60. The van der Waals surface area contributed by atoms with Crippen molar-refractivity contribution in [1.29, 1.82) is 0 Å². The number of nitrogens with zero attached hydrogens (tertiary/aromatic N) is 1. The van der Waals surface area contributed by atoms with Crippen LogP contribution in [0.3, 0.4) is 0 Å². The van der Waals surface area contributed by atoms with E-state index < -0.39 is 23.6 Å². The molecule has 2 aromatic rings. The van der Waals surface area contributed by atoms with E-state index in [1.165, 1.54) is 12.1 Å². The van der Waals surface area contributed by atoms with Crippen molar-refractivity contribution in [2.45, 2.75) is 39.7 Å². The summed E-state index contributed by atoms with van der Waals surface area (Å²) in [5, 5.41) is 14.6. The Labute approximate surface area is 163 Å². The third kappa shape index (κ3) is 4.91. The van der Waals surface area contributed by atoms with Crippen LogP contribution in [0, 0.1) is 0 Å². The molecule has 0 saturated carbocycles. The van der Waals surface area contributed by atoms with Crippen molar-refractivity contribution in [3.8, 4) is 0 Å². The topological polar surface area (TPSA) is 110 Å². The lowest BCUT2D eigenvalue weighted by Crippen LogP contribution is -2.27. The van der Waals surface area contributed by atoms with Gasteiger partial charge in [-0.05, 0) is 39.3 Å². The van der Waals surface area contributed by atoms with Gasteiger partial charge in [-0.1, -0.05) is 19.1 Å². The molecule has 0 unspecified atom stereocenters. The highest BCUT2D eigenvalue weighted by Crippen LogP contribution is 2.25. The summed E-state index contributed by atoms with van der Waals surface area (Å²) in [6, 6.07) is 6.17. The van der Waals surface area contributed by atoms with Gasteiger partial charge in [0, 0.05) is 18.8 Å². The number of benzene rings is 1. The molecule has 1 heterocycles. The second-order valence-corrected chi connectivity index (χ2v) is 7.27. The Morgan fingerprint density at radius 3 is 2.32 bits per heavy atom. The first-order valence-corrected chi connectivity index (χ1v) is 8.85. The number of para-hydroxylation sites is 1. The van der Waals surface area contributed by atoms with Gasteiger partial charge >= 0.3 is 12.1 Å². The number of amides is 2. The standard InChI is InChI=1S/C20H25N3O5/c1-6-12-15(22-19(27)28-20(2,3)4)11-23(5)16(12)17(24)21-14-10-8-7-9-13(14)18(25)26/h7-11H,6H2,1-5H3,(H,21,24)(H,22,27)(H,25,26). The zero-order valence-electron chi connectivity index (χ0n) is 16.6. The van der Waals surface area contributed by atoms with Crippen LogP contribution in [0.25, 0.3) is 0 Å². The molecule has 150 valence electrons. The van der Waals surface area contributed by atoms with E-state index in [2.05, 4.69) is 10.6 Å².